The second kappa shape index (κ2) is 8.14. The fourth-order valence-electron chi connectivity index (χ4n) is 6.73. The summed E-state index contributed by atoms with van der Waals surface area (Å²) in [6.45, 7) is 5.69. The van der Waals surface area contributed by atoms with Gasteiger partial charge in [0.15, 0.2) is 0 Å². The molecule has 32 heavy (non-hydrogen) atoms. The molecule has 0 spiro atoms. The maximum Gasteiger partial charge on any atom is 0.233 e. The number of para-hydroxylation sites is 1. The van der Waals surface area contributed by atoms with Crippen LogP contribution in [0.3, 0.4) is 0 Å². The Morgan fingerprint density at radius 3 is 2.25 bits per heavy atom. The van der Waals surface area contributed by atoms with Crippen LogP contribution in [0.2, 0.25) is 0 Å². The molecule has 2 aromatic rings. The fraction of sp³-hybridized carbons (Fsp3) is 0.577. The number of imide groups is 1. The lowest BCUT2D eigenvalue weighted by Gasteiger charge is -2.35. The molecule has 1 aromatic heterocycles. The Hall–Kier alpha value is -2.47. The first-order valence-corrected chi connectivity index (χ1v) is 12.4. The van der Waals surface area contributed by atoms with Gasteiger partial charge >= 0.3 is 0 Å². The molecule has 0 radical (unpaired) electrons. The second-order valence-electron chi connectivity index (χ2n) is 10.1. The van der Waals surface area contributed by atoms with Crippen LogP contribution in [-0.2, 0) is 9.59 Å². The van der Waals surface area contributed by atoms with Crippen LogP contribution >= 0.6 is 0 Å². The van der Waals surface area contributed by atoms with Crippen molar-refractivity contribution >= 4 is 28.5 Å². The van der Waals surface area contributed by atoms with Crippen LogP contribution < -0.4 is 4.90 Å². The summed E-state index contributed by atoms with van der Waals surface area (Å²) in [4.78, 5) is 37.0. The molecule has 2 amide bonds. The number of likely N-dealkylation sites (tertiary alicyclic amines) is 1. The standard InChI is InChI=1S/C26H32N4O2/c31-25-23-19-7-8-20(17-19)24(23)26(32)30(25)12-4-3-11-28-13-15-29(16-14-28)22-10-9-18-5-1-2-6-21(18)27-22/h1-2,5-6,9-10,19-20,23-24H,3-4,7-8,11-17H2/t19-,20+,23+,24-. The topological polar surface area (TPSA) is 56.8 Å². The van der Waals surface area contributed by atoms with Gasteiger partial charge in [0.2, 0.25) is 11.8 Å². The predicted molar refractivity (Wildman–Crippen MR) is 124 cm³/mol. The van der Waals surface area contributed by atoms with E-state index in [1.165, 1.54) is 5.39 Å². The van der Waals surface area contributed by atoms with E-state index in [-0.39, 0.29) is 23.7 Å². The highest BCUT2D eigenvalue weighted by molar-refractivity contribution is 6.06. The maximum atomic E-state index is 12.8. The highest BCUT2D eigenvalue weighted by Gasteiger charge is 2.60. The van der Waals surface area contributed by atoms with Crippen LogP contribution in [0.25, 0.3) is 10.9 Å². The monoisotopic (exact) mass is 432 g/mol. The van der Waals surface area contributed by atoms with Gasteiger partial charge in [0.25, 0.3) is 0 Å². The van der Waals surface area contributed by atoms with Crippen LogP contribution in [0.4, 0.5) is 5.82 Å². The Balaban J connectivity index is 0.961. The first-order valence-electron chi connectivity index (χ1n) is 12.4. The molecule has 4 atom stereocenters. The van der Waals surface area contributed by atoms with Crippen LogP contribution in [0, 0.1) is 23.7 Å². The number of aromatic nitrogens is 1. The number of rotatable bonds is 6. The zero-order valence-corrected chi connectivity index (χ0v) is 18.7. The Morgan fingerprint density at radius 2 is 1.50 bits per heavy atom. The summed E-state index contributed by atoms with van der Waals surface area (Å²) in [7, 11) is 0. The van der Waals surface area contributed by atoms with Crippen molar-refractivity contribution in [1.29, 1.82) is 0 Å². The van der Waals surface area contributed by atoms with Crippen LogP contribution in [0.15, 0.2) is 36.4 Å². The Kier molecular flexibility index (Phi) is 5.13. The van der Waals surface area contributed by atoms with Crippen molar-refractivity contribution in [3.63, 3.8) is 0 Å². The molecule has 2 saturated heterocycles. The van der Waals surface area contributed by atoms with E-state index in [4.69, 9.17) is 4.98 Å². The molecule has 6 rings (SSSR count). The van der Waals surface area contributed by atoms with E-state index in [1.807, 2.05) is 12.1 Å². The minimum atomic E-state index is 0.0260. The Labute approximate surface area is 189 Å². The quantitative estimate of drug-likeness (QED) is 0.518. The van der Waals surface area contributed by atoms with Crippen molar-refractivity contribution in [2.24, 2.45) is 23.7 Å². The molecule has 2 saturated carbocycles. The molecule has 1 aromatic carbocycles. The van der Waals surface area contributed by atoms with E-state index in [9.17, 15) is 9.59 Å². The summed E-state index contributed by atoms with van der Waals surface area (Å²) in [5, 5.41) is 1.18. The molecular formula is C26H32N4O2. The highest BCUT2D eigenvalue weighted by Crippen LogP contribution is 2.56. The fourth-order valence-corrected chi connectivity index (χ4v) is 6.73. The second-order valence-corrected chi connectivity index (χ2v) is 10.1. The van der Waals surface area contributed by atoms with E-state index < -0.39 is 0 Å². The molecule has 2 bridgehead atoms. The number of hydrogen-bond acceptors (Lipinski definition) is 5. The zero-order chi connectivity index (χ0) is 21.7. The number of benzene rings is 1. The van der Waals surface area contributed by atoms with Gasteiger partial charge in [0.05, 0.1) is 17.4 Å². The third-order valence-corrected chi connectivity index (χ3v) is 8.40. The number of piperazine rings is 1. The lowest BCUT2D eigenvalue weighted by Crippen LogP contribution is -2.47. The highest BCUT2D eigenvalue weighted by atomic mass is 16.2. The van der Waals surface area contributed by atoms with Crippen molar-refractivity contribution in [3.05, 3.63) is 36.4 Å². The molecule has 4 aliphatic rings. The van der Waals surface area contributed by atoms with Crippen molar-refractivity contribution in [1.82, 2.24) is 14.8 Å². The van der Waals surface area contributed by atoms with Crippen LogP contribution in [-0.4, -0.2) is 65.9 Å². The minimum absolute atomic E-state index is 0.0260. The van der Waals surface area contributed by atoms with Crippen molar-refractivity contribution in [2.75, 3.05) is 44.2 Å². The SMILES string of the molecule is O=C1[C@@H]2[C@H]3CC[C@H](C3)[C@@H]2C(=O)N1CCCCN1CCN(c2ccc3ccccc3n2)CC1. The minimum Gasteiger partial charge on any atom is -0.354 e. The van der Waals surface area contributed by atoms with Gasteiger partial charge in [-0.3, -0.25) is 19.4 Å². The van der Waals surface area contributed by atoms with Gasteiger partial charge in [-0.2, -0.15) is 0 Å². The van der Waals surface area contributed by atoms with E-state index in [0.717, 1.165) is 76.2 Å². The smallest absolute Gasteiger partial charge is 0.233 e. The molecule has 3 heterocycles. The summed E-state index contributed by atoms with van der Waals surface area (Å²) < 4.78 is 0. The number of anilines is 1. The molecule has 0 N–H and O–H groups in total. The summed E-state index contributed by atoms with van der Waals surface area (Å²) in [5.74, 6) is 2.37. The first-order chi connectivity index (χ1) is 15.7. The number of unbranched alkanes of at least 4 members (excludes halogenated alkanes) is 1. The lowest BCUT2D eigenvalue weighted by atomic mass is 9.81. The number of carbonyl (C=O) groups is 2. The molecule has 0 unspecified atom stereocenters. The lowest BCUT2D eigenvalue weighted by molar-refractivity contribution is -0.140. The Morgan fingerprint density at radius 1 is 0.812 bits per heavy atom. The van der Waals surface area contributed by atoms with Gasteiger partial charge in [-0.15, -0.1) is 0 Å². The summed E-state index contributed by atoms with van der Waals surface area (Å²) >= 11 is 0. The number of fused-ring (bicyclic) bond motifs is 6. The van der Waals surface area contributed by atoms with Crippen molar-refractivity contribution < 1.29 is 9.59 Å². The van der Waals surface area contributed by atoms with E-state index >= 15 is 0 Å². The van der Waals surface area contributed by atoms with Gasteiger partial charge in [-0.05, 0) is 68.7 Å². The normalized spacial score (nSPS) is 30.0. The van der Waals surface area contributed by atoms with Crippen LogP contribution in [0.5, 0.6) is 0 Å². The van der Waals surface area contributed by atoms with Crippen molar-refractivity contribution in [3.8, 4) is 0 Å². The number of hydrogen-bond donors (Lipinski definition) is 0. The third kappa shape index (κ3) is 3.40. The molecule has 6 heteroatoms. The largest absolute Gasteiger partial charge is 0.354 e. The van der Waals surface area contributed by atoms with Gasteiger partial charge < -0.3 is 4.90 Å². The molecule has 4 fully saturated rings. The number of pyridine rings is 1. The maximum absolute atomic E-state index is 12.8. The molecule has 6 nitrogen and oxygen atoms in total. The molecule has 2 aliphatic heterocycles. The van der Waals surface area contributed by atoms with E-state index in [2.05, 4.69) is 34.1 Å². The molecule has 2 aliphatic carbocycles. The zero-order valence-electron chi connectivity index (χ0n) is 18.7. The average molecular weight is 433 g/mol. The first kappa shape index (κ1) is 20.2. The number of carbonyl (C=O) groups excluding carboxylic acids is 2. The van der Waals surface area contributed by atoms with Crippen molar-refractivity contribution in [2.45, 2.75) is 32.1 Å². The Bertz CT molecular complexity index is 1000. The van der Waals surface area contributed by atoms with Gasteiger partial charge in [0.1, 0.15) is 5.82 Å². The molecule has 168 valence electrons. The van der Waals surface area contributed by atoms with Crippen LogP contribution in [0.1, 0.15) is 32.1 Å². The summed E-state index contributed by atoms with van der Waals surface area (Å²) in [6.07, 6.45) is 5.37. The molecular weight excluding hydrogens is 400 g/mol. The van der Waals surface area contributed by atoms with E-state index in [1.54, 1.807) is 4.90 Å². The number of nitrogens with zero attached hydrogens (tertiary/aromatic N) is 4. The van der Waals surface area contributed by atoms with E-state index in [0.29, 0.717) is 18.4 Å². The summed E-state index contributed by atoms with van der Waals surface area (Å²) in [5.41, 5.74) is 1.05. The van der Waals surface area contributed by atoms with Gasteiger partial charge in [-0.1, -0.05) is 18.2 Å². The predicted octanol–water partition coefficient (Wildman–Crippen LogP) is 3.17. The van der Waals surface area contributed by atoms with Gasteiger partial charge in [0, 0.05) is 38.1 Å². The average Bonchev–Trinajstić information content (AvgIpc) is 3.51. The third-order valence-electron chi connectivity index (χ3n) is 8.40. The number of amides is 2. The van der Waals surface area contributed by atoms with Gasteiger partial charge in [-0.25, -0.2) is 4.98 Å². The summed E-state index contributed by atoms with van der Waals surface area (Å²) in [6, 6.07) is 12.5.